The average molecular weight is 430 g/mol. The summed E-state index contributed by atoms with van der Waals surface area (Å²) in [7, 11) is 0. The number of hydrogen-bond donors (Lipinski definition) is 2. The van der Waals surface area contributed by atoms with Crippen molar-refractivity contribution in [2.75, 3.05) is 5.32 Å². The van der Waals surface area contributed by atoms with Crippen molar-refractivity contribution in [1.82, 2.24) is 4.98 Å². The lowest BCUT2D eigenvalue weighted by Crippen LogP contribution is -2.39. The number of hydrogen-bond acceptors (Lipinski definition) is 4. The van der Waals surface area contributed by atoms with Crippen LogP contribution in [-0.2, 0) is 6.18 Å². The van der Waals surface area contributed by atoms with Gasteiger partial charge in [0.2, 0.25) is 0 Å². The lowest BCUT2D eigenvalue weighted by Gasteiger charge is -2.32. The molecule has 0 bridgehead atoms. The molecule has 1 aromatic heterocycles. The molecule has 30 heavy (non-hydrogen) atoms. The summed E-state index contributed by atoms with van der Waals surface area (Å²) in [4.78, 5) is 19.4. The van der Waals surface area contributed by atoms with E-state index in [9.17, 15) is 31.1 Å². The van der Waals surface area contributed by atoms with Crippen LogP contribution in [0, 0.1) is 11.7 Å². The number of pyridine rings is 1. The summed E-state index contributed by atoms with van der Waals surface area (Å²) in [6.45, 7) is 1.48. The number of nitrogens with one attached hydrogen (secondary N) is 1. The number of amides is 1. The van der Waals surface area contributed by atoms with E-state index >= 15 is 0 Å². The van der Waals surface area contributed by atoms with Crippen LogP contribution in [0.2, 0.25) is 0 Å². The van der Waals surface area contributed by atoms with Crippen LogP contribution in [0.4, 0.5) is 32.0 Å². The number of rotatable bonds is 3. The molecule has 1 amide bonds. The third kappa shape index (κ3) is 4.39. The Morgan fingerprint density at radius 2 is 1.93 bits per heavy atom. The fourth-order valence-corrected chi connectivity index (χ4v) is 3.01. The van der Waals surface area contributed by atoms with Gasteiger partial charge in [0.05, 0.1) is 11.4 Å². The first kappa shape index (κ1) is 21.6. The molecule has 1 aromatic carbocycles. The van der Waals surface area contributed by atoms with E-state index in [1.54, 1.807) is 0 Å². The Morgan fingerprint density at radius 1 is 1.23 bits per heavy atom. The maximum absolute atomic E-state index is 14.4. The number of aliphatic imine (C=N–C) groups is 1. The molecule has 2 heterocycles. The Hall–Kier alpha value is -3.11. The second kappa shape index (κ2) is 7.62. The minimum Gasteiger partial charge on any atom is -0.387 e. The first-order chi connectivity index (χ1) is 13.9. The second-order valence-electron chi connectivity index (χ2n) is 6.94. The first-order valence-electron chi connectivity index (χ1n) is 8.73. The minimum atomic E-state index is -4.61. The Morgan fingerprint density at radius 3 is 2.53 bits per heavy atom. The van der Waals surface area contributed by atoms with Crippen LogP contribution in [0.5, 0.6) is 0 Å². The number of benzene rings is 1. The number of alkyl halides is 5. The van der Waals surface area contributed by atoms with Crippen LogP contribution >= 0.6 is 0 Å². The molecule has 0 saturated carbocycles. The van der Waals surface area contributed by atoms with E-state index in [1.807, 2.05) is 0 Å². The van der Waals surface area contributed by atoms with Gasteiger partial charge in [-0.25, -0.2) is 13.2 Å². The fraction of sp³-hybridized carbons (Fsp3) is 0.316. The predicted molar refractivity (Wildman–Crippen MR) is 96.7 cm³/mol. The third-order valence-corrected chi connectivity index (χ3v) is 4.63. The van der Waals surface area contributed by atoms with Gasteiger partial charge in [-0.2, -0.15) is 13.2 Å². The molecule has 0 aliphatic carbocycles. The molecule has 160 valence electrons. The summed E-state index contributed by atoms with van der Waals surface area (Å²) in [5, 5.41) is 2.30. The minimum absolute atomic E-state index is 0.0336. The lowest BCUT2D eigenvalue weighted by molar-refractivity contribution is -0.137. The zero-order chi connectivity index (χ0) is 22.3. The molecule has 1 aliphatic heterocycles. The zero-order valence-corrected chi connectivity index (χ0v) is 15.5. The summed E-state index contributed by atoms with van der Waals surface area (Å²) in [5.41, 5.74) is 3.76. The van der Waals surface area contributed by atoms with Gasteiger partial charge in [0.1, 0.15) is 17.6 Å². The zero-order valence-electron chi connectivity index (χ0n) is 15.5. The molecule has 11 heteroatoms. The number of carbonyl (C=O) groups is 1. The standard InChI is InChI=1S/C19H16F6N4O/c1-9-7-18(21,22)15(29-16(9)26)12-6-11(3-4-13(12)20)28-17(30)14-5-2-10(8-27-14)19(23,24)25/h2-6,8-9,15H,7H2,1H3,(H2,26,29)(H,28,30). The molecule has 2 atom stereocenters. The molecule has 3 rings (SSSR count). The van der Waals surface area contributed by atoms with Crippen molar-refractivity contribution in [1.29, 1.82) is 0 Å². The fourth-order valence-electron chi connectivity index (χ4n) is 3.01. The van der Waals surface area contributed by atoms with Gasteiger partial charge >= 0.3 is 6.18 Å². The molecule has 2 aromatic rings. The highest BCUT2D eigenvalue weighted by molar-refractivity contribution is 6.02. The van der Waals surface area contributed by atoms with Gasteiger partial charge in [0.15, 0.2) is 0 Å². The van der Waals surface area contributed by atoms with Crippen LogP contribution in [0.25, 0.3) is 0 Å². The van der Waals surface area contributed by atoms with Gasteiger partial charge in [-0.15, -0.1) is 0 Å². The van der Waals surface area contributed by atoms with Gasteiger partial charge in [0, 0.05) is 29.8 Å². The Bertz CT molecular complexity index is 988. The number of halogens is 6. The van der Waals surface area contributed by atoms with Crippen LogP contribution < -0.4 is 11.1 Å². The van der Waals surface area contributed by atoms with Gasteiger partial charge in [-0.05, 0) is 30.3 Å². The van der Waals surface area contributed by atoms with Crippen molar-refractivity contribution in [3.05, 3.63) is 59.2 Å². The van der Waals surface area contributed by atoms with E-state index < -0.39 is 53.3 Å². The Balaban J connectivity index is 1.86. The SMILES string of the molecule is CC1CC(F)(F)C(c2cc(NC(=O)c3ccc(C(F)(F)F)cn3)ccc2F)N=C1N. The van der Waals surface area contributed by atoms with Crippen LogP contribution in [0.15, 0.2) is 41.5 Å². The molecule has 5 nitrogen and oxygen atoms in total. The lowest BCUT2D eigenvalue weighted by atomic mass is 9.89. The van der Waals surface area contributed by atoms with E-state index in [1.165, 1.54) is 6.92 Å². The Labute approximate surface area is 167 Å². The Kier molecular flexibility index (Phi) is 5.48. The molecular formula is C19H16F6N4O. The maximum atomic E-state index is 14.4. The number of carbonyl (C=O) groups excluding carboxylic acids is 1. The van der Waals surface area contributed by atoms with Crippen molar-refractivity contribution in [2.45, 2.75) is 31.5 Å². The first-order valence-corrected chi connectivity index (χ1v) is 8.73. The van der Waals surface area contributed by atoms with Crippen molar-refractivity contribution < 1.29 is 31.1 Å². The number of nitrogens with zero attached hydrogens (tertiary/aromatic N) is 2. The highest BCUT2D eigenvalue weighted by atomic mass is 19.4. The van der Waals surface area contributed by atoms with Crippen molar-refractivity contribution in [2.24, 2.45) is 16.6 Å². The quantitative estimate of drug-likeness (QED) is 0.701. The number of anilines is 1. The van der Waals surface area contributed by atoms with Crippen molar-refractivity contribution >= 4 is 17.4 Å². The monoisotopic (exact) mass is 430 g/mol. The van der Waals surface area contributed by atoms with E-state index in [-0.39, 0.29) is 17.2 Å². The van der Waals surface area contributed by atoms with Gasteiger partial charge in [-0.3, -0.25) is 14.8 Å². The number of aromatic nitrogens is 1. The summed E-state index contributed by atoms with van der Waals surface area (Å²) >= 11 is 0. The highest BCUT2D eigenvalue weighted by Crippen LogP contribution is 2.44. The van der Waals surface area contributed by atoms with E-state index in [2.05, 4.69) is 15.3 Å². The smallest absolute Gasteiger partial charge is 0.387 e. The molecular weight excluding hydrogens is 414 g/mol. The molecule has 0 fully saturated rings. The summed E-state index contributed by atoms with van der Waals surface area (Å²) < 4.78 is 80.9. The number of nitrogens with two attached hydrogens (primary N) is 1. The molecule has 0 saturated heterocycles. The van der Waals surface area contributed by atoms with E-state index in [0.29, 0.717) is 12.3 Å². The van der Waals surface area contributed by atoms with Gasteiger partial charge < -0.3 is 11.1 Å². The van der Waals surface area contributed by atoms with Gasteiger partial charge in [-0.1, -0.05) is 6.92 Å². The topological polar surface area (TPSA) is 80.4 Å². The average Bonchev–Trinajstić information content (AvgIpc) is 2.65. The third-order valence-electron chi connectivity index (χ3n) is 4.63. The van der Waals surface area contributed by atoms with Gasteiger partial charge in [0.25, 0.3) is 11.8 Å². The summed E-state index contributed by atoms with van der Waals surface area (Å²) in [6, 6.07) is 2.67. The summed E-state index contributed by atoms with van der Waals surface area (Å²) in [5.74, 6) is -5.92. The van der Waals surface area contributed by atoms with Crippen LogP contribution in [0.1, 0.15) is 41.0 Å². The molecule has 0 radical (unpaired) electrons. The molecule has 1 aliphatic rings. The second-order valence-corrected chi connectivity index (χ2v) is 6.94. The van der Waals surface area contributed by atoms with Crippen molar-refractivity contribution in [3.8, 4) is 0 Å². The highest BCUT2D eigenvalue weighted by Gasteiger charge is 2.46. The normalized spacial score (nSPS) is 21.1. The number of amidine groups is 1. The molecule has 2 unspecified atom stereocenters. The maximum Gasteiger partial charge on any atom is 0.417 e. The molecule has 3 N–H and O–H groups in total. The predicted octanol–water partition coefficient (Wildman–Crippen LogP) is 4.57. The van der Waals surface area contributed by atoms with E-state index in [4.69, 9.17) is 5.73 Å². The van der Waals surface area contributed by atoms with Crippen LogP contribution in [0.3, 0.4) is 0 Å². The van der Waals surface area contributed by atoms with E-state index in [0.717, 1.165) is 24.3 Å². The van der Waals surface area contributed by atoms with Crippen LogP contribution in [-0.4, -0.2) is 22.6 Å². The van der Waals surface area contributed by atoms with Crippen molar-refractivity contribution in [3.63, 3.8) is 0 Å². The summed E-state index contributed by atoms with van der Waals surface area (Å²) in [6.07, 6.45) is -4.73. The molecule has 0 spiro atoms. The largest absolute Gasteiger partial charge is 0.417 e.